The number of carbonyl (C=O) groups excluding carboxylic acids is 1. The molecule has 2 aliphatic rings. The van der Waals surface area contributed by atoms with E-state index in [1.54, 1.807) is 17.0 Å². The van der Waals surface area contributed by atoms with Crippen LogP contribution in [0.4, 0.5) is 5.69 Å². The van der Waals surface area contributed by atoms with Crippen molar-refractivity contribution in [3.63, 3.8) is 0 Å². The number of benzene rings is 1. The lowest BCUT2D eigenvalue weighted by atomic mass is 9.84. The molecule has 3 rings (SSSR count). The number of ketones is 1. The van der Waals surface area contributed by atoms with Gasteiger partial charge in [0.1, 0.15) is 17.3 Å². The monoisotopic (exact) mass is 454 g/mol. The van der Waals surface area contributed by atoms with Crippen LogP contribution in [0.1, 0.15) is 62.9 Å². The number of ether oxygens (including phenoxy) is 1. The number of aliphatic carboxylic acids is 1. The zero-order chi connectivity index (χ0) is 24.5. The fourth-order valence-electron chi connectivity index (χ4n) is 4.15. The lowest BCUT2D eigenvalue weighted by molar-refractivity contribution is -0.139. The van der Waals surface area contributed by atoms with Crippen LogP contribution in [0, 0.1) is 5.41 Å². The van der Waals surface area contributed by atoms with Crippen LogP contribution < -0.4 is 9.64 Å². The molecule has 0 amide bonds. The Balaban J connectivity index is 1.91. The van der Waals surface area contributed by atoms with Crippen LogP contribution in [0.15, 0.2) is 28.4 Å². The SMILES string of the molecule is CCC1=NC2=C(CC1)CN(CC(=O)c1cc(N(C)C)c(OCC(=O)O)c(C(C)(C)C)c1)C2=N. The summed E-state index contributed by atoms with van der Waals surface area (Å²) in [7, 11) is 3.67. The molecule has 1 aromatic rings. The van der Waals surface area contributed by atoms with Crippen LogP contribution in [0.2, 0.25) is 0 Å². The van der Waals surface area contributed by atoms with Crippen molar-refractivity contribution in [3.8, 4) is 5.75 Å². The van der Waals surface area contributed by atoms with Gasteiger partial charge in [0.25, 0.3) is 0 Å². The topological polar surface area (TPSA) is 106 Å². The number of aliphatic imine (C=N–C) groups is 1. The molecule has 0 spiro atoms. The van der Waals surface area contributed by atoms with E-state index in [-0.39, 0.29) is 17.7 Å². The maximum Gasteiger partial charge on any atom is 0.341 e. The lowest BCUT2D eigenvalue weighted by Gasteiger charge is -2.28. The summed E-state index contributed by atoms with van der Waals surface area (Å²) in [6.07, 6.45) is 2.69. The van der Waals surface area contributed by atoms with Gasteiger partial charge >= 0.3 is 5.97 Å². The minimum absolute atomic E-state index is 0.0919. The highest BCUT2D eigenvalue weighted by atomic mass is 16.5. The molecule has 0 fully saturated rings. The van der Waals surface area contributed by atoms with Gasteiger partial charge in [0, 0.05) is 37.5 Å². The normalized spacial score (nSPS) is 16.0. The first-order valence-corrected chi connectivity index (χ1v) is 11.3. The van der Waals surface area contributed by atoms with E-state index in [0.717, 1.165) is 41.8 Å². The molecule has 0 atom stereocenters. The number of carbonyl (C=O) groups is 2. The minimum atomic E-state index is -1.06. The first-order chi connectivity index (χ1) is 15.4. The van der Waals surface area contributed by atoms with Gasteiger partial charge in [-0.05, 0) is 42.4 Å². The molecule has 0 aliphatic carbocycles. The highest BCUT2D eigenvalue weighted by molar-refractivity contribution is 6.07. The second kappa shape index (κ2) is 9.37. The van der Waals surface area contributed by atoms with Gasteiger partial charge in [0.15, 0.2) is 12.4 Å². The third-order valence-corrected chi connectivity index (χ3v) is 6.01. The predicted molar refractivity (Wildman–Crippen MR) is 130 cm³/mol. The Hall–Kier alpha value is -3.16. The van der Waals surface area contributed by atoms with Crippen molar-refractivity contribution in [2.75, 3.05) is 38.7 Å². The number of carboxylic acid groups (broad SMARTS) is 1. The minimum Gasteiger partial charge on any atom is -0.479 e. The molecule has 0 saturated carbocycles. The number of hydrogen-bond donors (Lipinski definition) is 2. The zero-order valence-electron chi connectivity index (χ0n) is 20.4. The van der Waals surface area contributed by atoms with E-state index in [1.807, 2.05) is 39.8 Å². The second-order valence-electron chi connectivity index (χ2n) is 9.81. The van der Waals surface area contributed by atoms with E-state index in [9.17, 15) is 9.59 Å². The maximum atomic E-state index is 13.4. The molecule has 178 valence electrons. The Bertz CT molecular complexity index is 1050. The molecule has 8 heteroatoms. The number of hydrogen-bond acceptors (Lipinski definition) is 6. The molecule has 8 nitrogen and oxygen atoms in total. The summed E-state index contributed by atoms with van der Waals surface area (Å²) >= 11 is 0. The van der Waals surface area contributed by atoms with Crippen molar-refractivity contribution >= 4 is 29.0 Å². The summed E-state index contributed by atoms with van der Waals surface area (Å²) in [4.78, 5) is 32.7. The van der Waals surface area contributed by atoms with Crippen LogP contribution >= 0.6 is 0 Å². The van der Waals surface area contributed by atoms with Gasteiger partial charge in [0.05, 0.1) is 12.2 Å². The molecule has 2 N–H and O–H groups in total. The number of anilines is 1. The largest absolute Gasteiger partial charge is 0.479 e. The van der Waals surface area contributed by atoms with E-state index in [1.165, 1.54) is 0 Å². The summed E-state index contributed by atoms with van der Waals surface area (Å²) in [5.74, 6) is -0.372. The average molecular weight is 455 g/mol. The second-order valence-corrected chi connectivity index (χ2v) is 9.81. The van der Waals surface area contributed by atoms with Gasteiger partial charge in [0.2, 0.25) is 0 Å². The third kappa shape index (κ3) is 5.26. The number of rotatable bonds is 8. The first-order valence-electron chi connectivity index (χ1n) is 11.3. The van der Waals surface area contributed by atoms with Gasteiger partial charge in [-0.25, -0.2) is 4.79 Å². The number of carboxylic acids is 1. The number of Topliss-reactive ketones (excluding diaryl/α,β-unsaturated/α-hetero) is 1. The van der Waals surface area contributed by atoms with E-state index in [4.69, 9.17) is 15.3 Å². The maximum absolute atomic E-state index is 13.4. The van der Waals surface area contributed by atoms with Crippen molar-refractivity contribution < 1.29 is 19.4 Å². The number of amidine groups is 1. The number of nitrogens with one attached hydrogen (secondary N) is 1. The van der Waals surface area contributed by atoms with E-state index < -0.39 is 12.6 Å². The molecule has 33 heavy (non-hydrogen) atoms. The summed E-state index contributed by atoms with van der Waals surface area (Å²) in [5, 5.41) is 17.7. The van der Waals surface area contributed by atoms with Gasteiger partial charge in [-0.15, -0.1) is 0 Å². The van der Waals surface area contributed by atoms with Crippen LogP contribution in [0.25, 0.3) is 0 Å². The zero-order valence-corrected chi connectivity index (χ0v) is 20.4. The fourth-order valence-corrected chi connectivity index (χ4v) is 4.15. The highest BCUT2D eigenvalue weighted by Crippen LogP contribution is 2.40. The van der Waals surface area contributed by atoms with Crippen LogP contribution in [0.3, 0.4) is 0 Å². The molecule has 2 heterocycles. The van der Waals surface area contributed by atoms with Crippen LogP contribution in [-0.2, 0) is 10.2 Å². The Morgan fingerprint density at radius 1 is 1.24 bits per heavy atom. The molecule has 1 aromatic carbocycles. The van der Waals surface area contributed by atoms with Gasteiger partial charge in [-0.3, -0.25) is 15.2 Å². The van der Waals surface area contributed by atoms with Crippen LogP contribution in [-0.4, -0.2) is 67.1 Å². The Kier molecular flexibility index (Phi) is 6.95. The van der Waals surface area contributed by atoms with Crippen LogP contribution in [0.5, 0.6) is 5.75 Å². The fraction of sp³-hybridized carbons (Fsp3) is 0.520. The van der Waals surface area contributed by atoms with Crippen molar-refractivity contribution in [2.45, 2.75) is 52.4 Å². The molecular weight excluding hydrogens is 420 g/mol. The van der Waals surface area contributed by atoms with E-state index >= 15 is 0 Å². The van der Waals surface area contributed by atoms with E-state index in [2.05, 4.69) is 11.9 Å². The summed E-state index contributed by atoms with van der Waals surface area (Å²) in [6.45, 7) is 8.27. The highest BCUT2D eigenvalue weighted by Gasteiger charge is 2.32. The third-order valence-electron chi connectivity index (χ3n) is 6.01. The quantitative estimate of drug-likeness (QED) is 0.577. The predicted octanol–water partition coefficient (Wildman–Crippen LogP) is 3.89. The average Bonchev–Trinajstić information content (AvgIpc) is 3.05. The summed E-state index contributed by atoms with van der Waals surface area (Å²) in [6, 6.07) is 3.54. The lowest BCUT2D eigenvalue weighted by Crippen LogP contribution is -2.32. The van der Waals surface area contributed by atoms with Gasteiger partial charge in [-0.2, -0.15) is 0 Å². The Morgan fingerprint density at radius 3 is 2.52 bits per heavy atom. The Labute approximate surface area is 195 Å². The first kappa shape index (κ1) is 24.5. The Morgan fingerprint density at radius 2 is 1.94 bits per heavy atom. The molecule has 0 unspecified atom stereocenters. The number of nitrogens with zero attached hydrogens (tertiary/aromatic N) is 3. The standard InChI is InChI=1S/C25H34N4O4/c1-7-17-9-8-15-12-29(24(26)22(15)27-17)13-20(30)16-10-18(25(2,3)4)23(33-14-21(31)32)19(11-16)28(5)6/h10-11,26H,7-9,12-14H2,1-6H3,(H,31,32). The van der Waals surface area contributed by atoms with Crippen molar-refractivity contribution in [1.82, 2.24) is 4.90 Å². The summed E-state index contributed by atoms with van der Waals surface area (Å²) < 4.78 is 5.67. The molecule has 0 radical (unpaired) electrons. The van der Waals surface area contributed by atoms with Gasteiger partial charge in [-0.1, -0.05) is 27.7 Å². The molecule has 2 aliphatic heterocycles. The summed E-state index contributed by atoms with van der Waals surface area (Å²) in [5.41, 5.74) is 4.53. The van der Waals surface area contributed by atoms with Crippen molar-refractivity contribution in [3.05, 3.63) is 34.5 Å². The molecule has 0 saturated heterocycles. The smallest absolute Gasteiger partial charge is 0.341 e. The molecule has 0 aromatic heterocycles. The van der Waals surface area contributed by atoms with Crippen molar-refractivity contribution in [2.24, 2.45) is 4.99 Å². The van der Waals surface area contributed by atoms with Gasteiger partial charge < -0.3 is 19.6 Å². The molecule has 0 bridgehead atoms. The van der Waals surface area contributed by atoms with Crippen molar-refractivity contribution in [1.29, 1.82) is 5.41 Å². The van der Waals surface area contributed by atoms with E-state index in [0.29, 0.717) is 29.4 Å². The molecular formula is C25H34N4O4.